The molecule has 0 atom stereocenters. The van der Waals surface area contributed by atoms with Crippen LogP contribution >= 0.6 is 0 Å². The minimum absolute atomic E-state index is 0.00778. The quantitative estimate of drug-likeness (QED) is 0.184. The van der Waals surface area contributed by atoms with Crippen molar-refractivity contribution >= 4 is 23.6 Å². The number of hydrogen-bond acceptors (Lipinski definition) is 9. The molecule has 2 heterocycles. The Labute approximate surface area is 222 Å². The topological polar surface area (TPSA) is 158 Å². The molecule has 39 heavy (non-hydrogen) atoms. The van der Waals surface area contributed by atoms with Gasteiger partial charge in [0.05, 0.1) is 22.4 Å². The van der Waals surface area contributed by atoms with Crippen LogP contribution in [0, 0.1) is 15.9 Å². The standard InChI is InChI=1S/C25H24FN9O4/c1-32(2)11-12-33-16-29-31-24(33)21-14-19(9-10-28-21)39-23-8-7-18(13-20(23)26)34(25(27)36)30-15-17-5-3-4-6-22(17)35(37)38/h3-10,13-16H,11-12H2,1-2H3,(H2,27,36)/b30-15+. The molecular formula is C25H24FN9O4. The third-order valence-corrected chi connectivity index (χ3v) is 5.41. The number of anilines is 1. The smallest absolute Gasteiger partial charge is 0.340 e. The van der Waals surface area contributed by atoms with Gasteiger partial charge in [-0.3, -0.25) is 15.1 Å². The SMILES string of the molecule is CN(C)CCn1cnnc1-c1cc(Oc2ccc(N(/N=C/c3ccccc3[N+](=O)[O-])C(N)=O)cc2F)ccn1. The van der Waals surface area contributed by atoms with E-state index in [2.05, 4.69) is 20.3 Å². The molecule has 2 amide bonds. The van der Waals surface area contributed by atoms with E-state index in [0.29, 0.717) is 28.8 Å². The summed E-state index contributed by atoms with van der Waals surface area (Å²) in [5, 5.41) is 24.0. The zero-order valence-corrected chi connectivity index (χ0v) is 21.0. The summed E-state index contributed by atoms with van der Waals surface area (Å²) in [5.41, 5.74) is 5.83. The number of likely N-dealkylation sites (N-methyl/N-ethyl adjacent to an activating group) is 1. The lowest BCUT2D eigenvalue weighted by Gasteiger charge is -2.16. The summed E-state index contributed by atoms with van der Waals surface area (Å²) in [6, 6.07) is 11.7. The minimum atomic E-state index is -1.02. The predicted molar refractivity (Wildman–Crippen MR) is 141 cm³/mol. The van der Waals surface area contributed by atoms with E-state index in [9.17, 15) is 14.9 Å². The van der Waals surface area contributed by atoms with Gasteiger partial charge in [0.2, 0.25) is 0 Å². The average molecular weight is 534 g/mol. The highest BCUT2D eigenvalue weighted by molar-refractivity contribution is 5.94. The molecule has 0 unspecified atom stereocenters. The first kappa shape index (κ1) is 26.8. The Hall–Kier alpha value is -5.24. The van der Waals surface area contributed by atoms with Crippen molar-refractivity contribution in [2.24, 2.45) is 10.8 Å². The number of aromatic nitrogens is 4. The highest BCUT2D eigenvalue weighted by atomic mass is 19.1. The van der Waals surface area contributed by atoms with E-state index in [-0.39, 0.29) is 22.7 Å². The number of nitro benzene ring substituents is 1. The minimum Gasteiger partial charge on any atom is -0.454 e. The summed E-state index contributed by atoms with van der Waals surface area (Å²) < 4.78 is 22.6. The first-order chi connectivity index (χ1) is 18.7. The lowest BCUT2D eigenvalue weighted by atomic mass is 10.2. The summed E-state index contributed by atoms with van der Waals surface area (Å²) in [6.45, 7) is 1.42. The molecule has 0 aliphatic carbocycles. The van der Waals surface area contributed by atoms with Gasteiger partial charge < -0.3 is 19.9 Å². The van der Waals surface area contributed by atoms with Crippen molar-refractivity contribution in [1.82, 2.24) is 24.6 Å². The molecule has 2 N–H and O–H groups in total. The van der Waals surface area contributed by atoms with Crippen LogP contribution in [0.4, 0.5) is 20.6 Å². The van der Waals surface area contributed by atoms with E-state index >= 15 is 4.39 Å². The summed E-state index contributed by atoms with van der Waals surface area (Å²) in [4.78, 5) is 29.0. The molecule has 0 spiro atoms. The molecule has 0 radical (unpaired) electrons. The van der Waals surface area contributed by atoms with Crippen molar-refractivity contribution in [1.29, 1.82) is 0 Å². The first-order valence-corrected chi connectivity index (χ1v) is 11.6. The van der Waals surface area contributed by atoms with Gasteiger partial charge in [0.1, 0.15) is 17.8 Å². The Balaban J connectivity index is 1.54. The molecule has 0 saturated heterocycles. The second-order valence-corrected chi connectivity index (χ2v) is 8.46. The van der Waals surface area contributed by atoms with Crippen molar-refractivity contribution in [2.45, 2.75) is 6.54 Å². The lowest BCUT2D eigenvalue weighted by Crippen LogP contribution is -2.31. The average Bonchev–Trinajstić information content (AvgIpc) is 3.38. The van der Waals surface area contributed by atoms with Gasteiger partial charge in [-0.15, -0.1) is 10.2 Å². The second kappa shape index (κ2) is 11.9. The van der Waals surface area contributed by atoms with Crippen LogP contribution in [0.2, 0.25) is 0 Å². The molecule has 0 aliphatic rings. The molecule has 2 aromatic heterocycles. The van der Waals surface area contributed by atoms with Crippen LogP contribution in [0.15, 0.2) is 72.2 Å². The van der Waals surface area contributed by atoms with Crippen molar-refractivity contribution in [3.05, 3.63) is 88.6 Å². The van der Waals surface area contributed by atoms with Crippen LogP contribution in [0.3, 0.4) is 0 Å². The van der Waals surface area contributed by atoms with E-state index in [1.165, 1.54) is 36.5 Å². The molecule has 14 heteroatoms. The normalized spacial score (nSPS) is 11.2. The van der Waals surface area contributed by atoms with Gasteiger partial charge in [0.15, 0.2) is 17.4 Å². The van der Waals surface area contributed by atoms with Gasteiger partial charge in [0.25, 0.3) is 5.69 Å². The second-order valence-electron chi connectivity index (χ2n) is 8.46. The van der Waals surface area contributed by atoms with Crippen molar-refractivity contribution < 1.29 is 18.8 Å². The van der Waals surface area contributed by atoms with Crippen LogP contribution in [-0.2, 0) is 6.54 Å². The Kier molecular flexibility index (Phi) is 8.16. The lowest BCUT2D eigenvalue weighted by molar-refractivity contribution is -0.385. The number of hydrogen-bond donors (Lipinski definition) is 1. The van der Waals surface area contributed by atoms with Crippen molar-refractivity contribution in [3.8, 4) is 23.0 Å². The maximum Gasteiger partial charge on any atom is 0.340 e. The number of urea groups is 1. The number of pyridine rings is 1. The molecular weight excluding hydrogens is 509 g/mol. The van der Waals surface area contributed by atoms with Crippen molar-refractivity contribution in [2.75, 3.05) is 25.6 Å². The Morgan fingerprint density at radius 3 is 2.74 bits per heavy atom. The van der Waals surface area contributed by atoms with E-state index in [4.69, 9.17) is 10.5 Å². The Bertz CT molecular complexity index is 1520. The molecule has 4 rings (SSSR count). The number of primary amides is 1. The third kappa shape index (κ3) is 6.56. The number of halogens is 1. The monoisotopic (exact) mass is 533 g/mol. The number of hydrazone groups is 1. The number of ether oxygens (including phenoxy) is 1. The first-order valence-electron chi connectivity index (χ1n) is 11.6. The zero-order valence-electron chi connectivity index (χ0n) is 21.0. The number of carbonyl (C=O) groups excluding carboxylic acids is 1. The van der Waals surface area contributed by atoms with Gasteiger partial charge in [0, 0.05) is 37.5 Å². The molecule has 13 nitrogen and oxygen atoms in total. The number of nitrogens with two attached hydrogens (primary N) is 1. The largest absolute Gasteiger partial charge is 0.454 e. The fourth-order valence-electron chi connectivity index (χ4n) is 3.49. The summed E-state index contributed by atoms with van der Waals surface area (Å²) >= 11 is 0. The highest BCUT2D eigenvalue weighted by Gasteiger charge is 2.17. The Morgan fingerprint density at radius 2 is 2.03 bits per heavy atom. The molecule has 0 aliphatic heterocycles. The van der Waals surface area contributed by atoms with E-state index < -0.39 is 16.8 Å². The zero-order chi connectivity index (χ0) is 27.9. The Morgan fingerprint density at radius 1 is 1.23 bits per heavy atom. The number of rotatable bonds is 10. The number of nitro groups is 1. The van der Waals surface area contributed by atoms with Crippen LogP contribution in [0.5, 0.6) is 11.5 Å². The maximum absolute atomic E-state index is 15.0. The summed E-state index contributed by atoms with van der Waals surface area (Å²) in [7, 11) is 3.92. The number of nitrogens with zero attached hydrogens (tertiary/aromatic N) is 8. The van der Waals surface area contributed by atoms with E-state index in [0.717, 1.165) is 18.8 Å². The third-order valence-electron chi connectivity index (χ3n) is 5.41. The number of para-hydroxylation sites is 1. The summed E-state index contributed by atoms with van der Waals surface area (Å²) in [6.07, 6.45) is 4.21. The van der Waals surface area contributed by atoms with E-state index in [1.54, 1.807) is 24.5 Å². The molecule has 200 valence electrons. The van der Waals surface area contributed by atoms with Crippen LogP contribution in [0.1, 0.15) is 5.56 Å². The van der Waals surface area contributed by atoms with Crippen LogP contribution < -0.4 is 15.5 Å². The molecule has 0 fully saturated rings. The summed E-state index contributed by atoms with van der Waals surface area (Å²) in [5.74, 6) is -0.0917. The maximum atomic E-state index is 15.0. The van der Waals surface area contributed by atoms with Crippen LogP contribution in [0.25, 0.3) is 11.5 Å². The fourth-order valence-corrected chi connectivity index (χ4v) is 3.49. The van der Waals surface area contributed by atoms with Gasteiger partial charge in [-0.25, -0.2) is 9.18 Å². The van der Waals surface area contributed by atoms with Gasteiger partial charge in [-0.2, -0.15) is 10.1 Å². The highest BCUT2D eigenvalue weighted by Crippen LogP contribution is 2.30. The number of benzene rings is 2. The molecule has 0 saturated carbocycles. The van der Waals surface area contributed by atoms with Gasteiger partial charge in [-0.05, 0) is 38.4 Å². The molecule has 2 aromatic carbocycles. The van der Waals surface area contributed by atoms with Gasteiger partial charge in [-0.1, -0.05) is 12.1 Å². The van der Waals surface area contributed by atoms with E-state index in [1.807, 2.05) is 23.6 Å². The van der Waals surface area contributed by atoms with Crippen LogP contribution in [-0.4, -0.2) is 62.5 Å². The predicted octanol–water partition coefficient (Wildman–Crippen LogP) is 3.66. The fraction of sp³-hybridized carbons (Fsp3) is 0.160. The number of carbonyl (C=O) groups is 1. The van der Waals surface area contributed by atoms with Crippen molar-refractivity contribution in [3.63, 3.8) is 0 Å². The molecule has 4 aromatic rings. The molecule has 0 bridgehead atoms. The van der Waals surface area contributed by atoms with Gasteiger partial charge >= 0.3 is 6.03 Å². The number of amides is 2.